The highest BCUT2D eigenvalue weighted by molar-refractivity contribution is 7.89. The Labute approximate surface area is 158 Å². The molecular formula is C18H25N3O3S2. The number of thiazole rings is 1. The number of hydrogen-bond donors (Lipinski definition) is 2. The molecule has 3 N–H and O–H groups in total. The van der Waals surface area contributed by atoms with Crippen LogP contribution in [0.2, 0.25) is 0 Å². The summed E-state index contributed by atoms with van der Waals surface area (Å²) in [5.74, 6) is 0. The van der Waals surface area contributed by atoms with Crippen LogP contribution in [0.25, 0.3) is 10.4 Å². The highest BCUT2D eigenvalue weighted by Gasteiger charge is 2.27. The van der Waals surface area contributed by atoms with Gasteiger partial charge in [0.2, 0.25) is 10.0 Å². The van der Waals surface area contributed by atoms with Crippen LogP contribution in [0.5, 0.6) is 0 Å². The van der Waals surface area contributed by atoms with Gasteiger partial charge in [0.1, 0.15) is 11.1 Å². The van der Waals surface area contributed by atoms with Gasteiger partial charge in [0.15, 0.2) is 0 Å². The molecule has 1 aliphatic rings. The Morgan fingerprint density at radius 1 is 1.31 bits per heavy atom. The first-order valence-electron chi connectivity index (χ1n) is 8.67. The van der Waals surface area contributed by atoms with Crippen LogP contribution >= 0.6 is 11.3 Å². The standard InChI is InChI=1S/C18H25N3O3S2/c1-18(2,3)21-26(22,23)16-10-12(19)7-8-13(16)15-11-20-17(25-15)14-6-4-5-9-24-14/h7-8,10-11,14,21H,4-6,9,19H2,1-3H3/t14-/m0/s1. The van der Waals surface area contributed by atoms with Gasteiger partial charge in [-0.25, -0.2) is 18.1 Å². The largest absolute Gasteiger partial charge is 0.399 e. The predicted molar refractivity (Wildman–Crippen MR) is 105 cm³/mol. The Kier molecular flexibility index (Phi) is 5.39. The second-order valence-electron chi connectivity index (χ2n) is 7.53. The zero-order valence-corrected chi connectivity index (χ0v) is 16.9. The van der Waals surface area contributed by atoms with E-state index in [4.69, 9.17) is 10.5 Å². The first kappa shape index (κ1) is 19.3. The van der Waals surface area contributed by atoms with E-state index >= 15 is 0 Å². The summed E-state index contributed by atoms with van der Waals surface area (Å²) in [6.45, 7) is 6.17. The fourth-order valence-corrected chi connectivity index (χ4v) is 5.70. The van der Waals surface area contributed by atoms with Gasteiger partial charge in [-0.1, -0.05) is 6.07 Å². The summed E-state index contributed by atoms with van der Waals surface area (Å²) < 4.78 is 34.3. The second kappa shape index (κ2) is 7.26. The van der Waals surface area contributed by atoms with Crippen molar-refractivity contribution in [3.05, 3.63) is 29.4 Å². The molecule has 0 aliphatic carbocycles. The smallest absolute Gasteiger partial charge is 0.241 e. The van der Waals surface area contributed by atoms with Gasteiger partial charge < -0.3 is 10.5 Å². The van der Waals surface area contributed by atoms with Crippen molar-refractivity contribution in [2.75, 3.05) is 12.3 Å². The number of nitrogens with one attached hydrogen (secondary N) is 1. The van der Waals surface area contributed by atoms with E-state index in [0.717, 1.165) is 35.8 Å². The third-order valence-corrected chi connectivity index (χ3v) is 6.90. The quantitative estimate of drug-likeness (QED) is 0.770. The lowest BCUT2D eigenvalue weighted by atomic mass is 10.1. The molecule has 1 fully saturated rings. The number of benzene rings is 1. The Hall–Kier alpha value is -1.48. The number of hydrogen-bond acceptors (Lipinski definition) is 6. The maximum Gasteiger partial charge on any atom is 0.241 e. The summed E-state index contributed by atoms with van der Waals surface area (Å²) in [6, 6.07) is 4.95. The molecule has 0 saturated carbocycles. The van der Waals surface area contributed by atoms with E-state index < -0.39 is 15.6 Å². The van der Waals surface area contributed by atoms with Crippen molar-refractivity contribution < 1.29 is 13.2 Å². The van der Waals surface area contributed by atoms with Crippen molar-refractivity contribution in [3.63, 3.8) is 0 Å². The van der Waals surface area contributed by atoms with E-state index in [0.29, 0.717) is 11.3 Å². The number of nitrogens with two attached hydrogens (primary N) is 1. The highest BCUT2D eigenvalue weighted by atomic mass is 32.2. The summed E-state index contributed by atoms with van der Waals surface area (Å²) in [7, 11) is -3.72. The normalized spacial score (nSPS) is 18.8. The minimum absolute atomic E-state index is 0.00374. The zero-order valence-electron chi connectivity index (χ0n) is 15.3. The molecule has 2 heterocycles. The summed E-state index contributed by atoms with van der Waals surface area (Å²) in [6.07, 6.45) is 4.87. The zero-order chi connectivity index (χ0) is 18.9. The molecule has 6 nitrogen and oxygen atoms in total. The van der Waals surface area contributed by atoms with Crippen LogP contribution in [0.15, 0.2) is 29.3 Å². The Morgan fingerprint density at radius 2 is 2.08 bits per heavy atom. The maximum absolute atomic E-state index is 12.9. The first-order valence-corrected chi connectivity index (χ1v) is 11.0. The fraction of sp³-hybridized carbons (Fsp3) is 0.500. The molecule has 3 rings (SSSR count). The van der Waals surface area contributed by atoms with Gasteiger partial charge >= 0.3 is 0 Å². The van der Waals surface area contributed by atoms with Gasteiger partial charge in [-0.05, 0) is 52.2 Å². The number of aromatic nitrogens is 1. The molecule has 8 heteroatoms. The summed E-state index contributed by atoms with van der Waals surface area (Å²) in [4.78, 5) is 5.45. The van der Waals surface area contributed by atoms with E-state index in [1.54, 1.807) is 18.3 Å². The van der Waals surface area contributed by atoms with Crippen molar-refractivity contribution in [1.82, 2.24) is 9.71 Å². The molecule has 0 unspecified atom stereocenters. The molecule has 0 radical (unpaired) electrons. The van der Waals surface area contributed by atoms with Gasteiger partial charge in [0.05, 0.1) is 9.77 Å². The van der Waals surface area contributed by atoms with Gasteiger partial charge in [-0.3, -0.25) is 0 Å². The van der Waals surface area contributed by atoms with Crippen LogP contribution in [-0.4, -0.2) is 25.5 Å². The molecular weight excluding hydrogens is 370 g/mol. The first-order chi connectivity index (χ1) is 12.2. The lowest BCUT2D eigenvalue weighted by Gasteiger charge is -2.21. The van der Waals surface area contributed by atoms with E-state index in [9.17, 15) is 8.42 Å². The Morgan fingerprint density at radius 3 is 2.73 bits per heavy atom. The van der Waals surface area contributed by atoms with Crippen molar-refractivity contribution in [2.24, 2.45) is 0 Å². The Balaban J connectivity index is 2.00. The van der Waals surface area contributed by atoms with Crippen LogP contribution in [0, 0.1) is 0 Å². The molecule has 1 aliphatic heterocycles. The van der Waals surface area contributed by atoms with Crippen LogP contribution in [0.3, 0.4) is 0 Å². The van der Waals surface area contributed by atoms with E-state index in [1.165, 1.54) is 17.4 Å². The predicted octanol–water partition coefficient (Wildman–Crippen LogP) is 3.71. The average Bonchev–Trinajstić information content (AvgIpc) is 3.03. The number of rotatable bonds is 4. The molecule has 2 aromatic rings. The number of ether oxygens (including phenoxy) is 1. The minimum atomic E-state index is -3.72. The molecule has 1 aromatic carbocycles. The third kappa shape index (κ3) is 4.43. The van der Waals surface area contributed by atoms with Gasteiger partial charge in [-0.15, -0.1) is 11.3 Å². The highest BCUT2D eigenvalue weighted by Crippen LogP contribution is 2.37. The molecule has 1 atom stereocenters. The van der Waals surface area contributed by atoms with Gasteiger partial charge in [0, 0.05) is 29.6 Å². The van der Waals surface area contributed by atoms with Gasteiger partial charge in [0.25, 0.3) is 0 Å². The monoisotopic (exact) mass is 395 g/mol. The Bertz CT molecular complexity index is 879. The molecule has 0 spiro atoms. The van der Waals surface area contributed by atoms with Crippen molar-refractivity contribution in [3.8, 4) is 10.4 Å². The lowest BCUT2D eigenvalue weighted by Crippen LogP contribution is -2.40. The van der Waals surface area contributed by atoms with Crippen LogP contribution in [0.4, 0.5) is 5.69 Å². The SMILES string of the molecule is CC(C)(C)NS(=O)(=O)c1cc(N)ccc1-c1cnc([C@@H]2CCCCO2)s1. The maximum atomic E-state index is 12.9. The van der Waals surface area contributed by atoms with E-state index in [-0.39, 0.29) is 11.0 Å². The lowest BCUT2D eigenvalue weighted by molar-refractivity contribution is 0.0148. The number of nitrogen functional groups attached to an aromatic ring is 1. The molecule has 1 saturated heterocycles. The number of nitrogens with zero attached hydrogens (tertiary/aromatic N) is 1. The number of anilines is 1. The summed E-state index contributed by atoms with van der Waals surface area (Å²) >= 11 is 1.48. The minimum Gasteiger partial charge on any atom is -0.399 e. The van der Waals surface area contributed by atoms with Crippen LogP contribution in [0.1, 0.15) is 51.1 Å². The molecule has 1 aromatic heterocycles. The van der Waals surface area contributed by atoms with Crippen molar-refractivity contribution in [2.45, 2.75) is 56.6 Å². The second-order valence-corrected chi connectivity index (χ2v) is 10.2. The van der Waals surface area contributed by atoms with Gasteiger partial charge in [-0.2, -0.15) is 0 Å². The van der Waals surface area contributed by atoms with E-state index in [2.05, 4.69) is 9.71 Å². The topological polar surface area (TPSA) is 94.3 Å². The van der Waals surface area contributed by atoms with Crippen LogP contribution < -0.4 is 10.5 Å². The number of sulfonamides is 1. The molecule has 0 bridgehead atoms. The summed E-state index contributed by atoms with van der Waals surface area (Å²) in [5.41, 5.74) is 6.29. The van der Waals surface area contributed by atoms with E-state index in [1.807, 2.05) is 20.8 Å². The molecule has 0 amide bonds. The molecule has 26 heavy (non-hydrogen) atoms. The fourth-order valence-electron chi connectivity index (χ4n) is 2.92. The molecule has 142 valence electrons. The van der Waals surface area contributed by atoms with Crippen LogP contribution in [-0.2, 0) is 14.8 Å². The van der Waals surface area contributed by atoms with Crippen molar-refractivity contribution in [1.29, 1.82) is 0 Å². The van der Waals surface area contributed by atoms with Crippen molar-refractivity contribution >= 4 is 27.0 Å². The average molecular weight is 396 g/mol. The third-order valence-electron chi connectivity index (χ3n) is 3.98. The summed E-state index contributed by atoms with van der Waals surface area (Å²) in [5, 5.41) is 0.892.